The topological polar surface area (TPSA) is 24.9 Å². The Bertz CT molecular complexity index is 257. The highest BCUT2D eigenvalue weighted by Gasteiger charge is 2.14. The van der Waals surface area contributed by atoms with Gasteiger partial charge in [-0.15, -0.1) is 11.3 Å². The molecule has 86 valence electrons. The molecule has 0 saturated carbocycles. The molecule has 3 heteroatoms. The lowest BCUT2D eigenvalue weighted by Gasteiger charge is -2.20. The van der Waals surface area contributed by atoms with Gasteiger partial charge in [0.05, 0.1) is 5.01 Å². The van der Waals surface area contributed by atoms with Crippen LogP contribution in [0.5, 0.6) is 0 Å². The monoisotopic (exact) mass is 226 g/mol. The van der Waals surface area contributed by atoms with Crippen LogP contribution in [-0.4, -0.2) is 17.6 Å². The van der Waals surface area contributed by atoms with Gasteiger partial charge in [0, 0.05) is 24.0 Å². The molecule has 0 radical (unpaired) electrons. The van der Waals surface area contributed by atoms with Gasteiger partial charge in [0.1, 0.15) is 0 Å². The molecule has 0 saturated heterocycles. The number of hydrogen-bond acceptors (Lipinski definition) is 3. The summed E-state index contributed by atoms with van der Waals surface area (Å²) in [5.41, 5.74) is 0. The van der Waals surface area contributed by atoms with Crippen molar-refractivity contribution in [1.82, 2.24) is 10.3 Å². The van der Waals surface area contributed by atoms with E-state index in [0.717, 1.165) is 13.0 Å². The maximum absolute atomic E-state index is 4.33. The molecule has 0 fully saturated rings. The second-order valence-corrected chi connectivity index (χ2v) is 5.63. The van der Waals surface area contributed by atoms with E-state index >= 15 is 0 Å². The van der Waals surface area contributed by atoms with Crippen molar-refractivity contribution >= 4 is 11.3 Å². The predicted molar refractivity (Wildman–Crippen MR) is 67.3 cm³/mol. The van der Waals surface area contributed by atoms with Gasteiger partial charge in [0.15, 0.2) is 0 Å². The number of thiazole rings is 1. The summed E-state index contributed by atoms with van der Waals surface area (Å²) < 4.78 is 0. The molecule has 1 aromatic heterocycles. The van der Waals surface area contributed by atoms with Gasteiger partial charge in [0.2, 0.25) is 0 Å². The van der Waals surface area contributed by atoms with Crippen molar-refractivity contribution in [3.63, 3.8) is 0 Å². The quantitative estimate of drug-likeness (QED) is 0.806. The molecule has 0 aromatic carbocycles. The average Bonchev–Trinajstić information content (AvgIpc) is 2.66. The fourth-order valence-corrected chi connectivity index (χ4v) is 2.21. The average molecular weight is 226 g/mol. The van der Waals surface area contributed by atoms with E-state index in [1.54, 1.807) is 11.3 Å². The Kier molecular flexibility index (Phi) is 5.26. The Morgan fingerprint density at radius 1 is 1.27 bits per heavy atom. The predicted octanol–water partition coefficient (Wildman–Crippen LogP) is 2.96. The molecule has 2 unspecified atom stereocenters. The first kappa shape index (κ1) is 12.7. The zero-order chi connectivity index (χ0) is 11.3. The van der Waals surface area contributed by atoms with Crippen molar-refractivity contribution in [2.24, 2.45) is 11.8 Å². The highest BCUT2D eigenvalue weighted by molar-refractivity contribution is 7.09. The third kappa shape index (κ3) is 4.76. The smallest absolute Gasteiger partial charge is 0.0927 e. The second-order valence-electron chi connectivity index (χ2n) is 4.65. The molecule has 0 bridgehead atoms. The normalized spacial score (nSPS) is 15.5. The maximum atomic E-state index is 4.33. The van der Waals surface area contributed by atoms with Crippen LogP contribution in [0, 0.1) is 11.8 Å². The third-order valence-electron chi connectivity index (χ3n) is 2.80. The number of hydrogen-bond donors (Lipinski definition) is 1. The number of rotatable bonds is 6. The fraction of sp³-hybridized carbons (Fsp3) is 0.750. The standard InChI is InChI=1S/C12H22N2S/c1-9(2)14-8-11(4)10(3)7-12-13-5-6-15-12/h5-6,9-11,14H,7-8H2,1-4H3. The summed E-state index contributed by atoms with van der Waals surface area (Å²) in [6, 6.07) is 0.583. The van der Waals surface area contributed by atoms with Crippen LogP contribution >= 0.6 is 11.3 Å². The van der Waals surface area contributed by atoms with E-state index in [-0.39, 0.29) is 0 Å². The van der Waals surface area contributed by atoms with Gasteiger partial charge in [-0.2, -0.15) is 0 Å². The Morgan fingerprint density at radius 2 is 2.00 bits per heavy atom. The molecule has 1 heterocycles. The summed E-state index contributed by atoms with van der Waals surface area (Å²) in [6.45, 7) is 10.1. The van der Waals surface area contributed by atoms with E-state index in [4.69, 9.17) is 0 Å². The van der Waals surface area contributed by atoms with Crippen LogP contribution in [0.4, 0.5) is 0 Å². The van der Waals surface area contributed by atoms with Gasteiger partial charge in [-0.05, 0) is 18.4 Å². The molecule has 0 amide bonds. The molecule has 1 rings (SSSR count). The lowest BCUT2D eigenvalue weighted by molar-refractivity contribution is 0.354. The van der Waals surface area contributed by atoms with Gasteiger partial charge in [-0.3, -0.25) is 0 Å². The first-order valence-electron chi connectivity index (χ1n) is 5.71. The SMILES string of the molecule is CC(C)NCC(C)C(C)Cc1nccs1. The van der Waals surface area contributed by atoms with Crippen LogP contribution in [0.25, 0.3) is 0 Å². The molecule has 1 aromatic rings. The zero-order valence-electron chi connectivity index (χ0n) is 10.2. The van der Waals surface area contributed by atoms with Crippen LogP contribution < -0.4 is 5.32 Å². The molecule has 0 aliphatic carbocycles. The van der Waals surface area contributed by atoms with E-state index in [0.29, 0.717) is 17.9 Å². The van der Waals surface area contributed by atoms with Crippen LogP contribution in [0.3, 0.4) is 0 Å². The first-order chi connectivity index (χ1) is 7.09. The molecule has 2 atom stereocenters. The van der Waals surface area contributed by atoms with E-state index < -0.39 is 0 Å². The van der Waals surface area contributed by atoms with Crippen molar-refractivity contribution < 1.29 is 0 Å². The molecule has 1 N–H and O–H groups in total. The number of nitrogens with one attached hydrogen (secondary N) is 1. The Morgan fingerprint density at radius 3 is 2.53 bits per heavy atom. The summed E-state index contributed by atoms with van der Waals surface area (Å²) in [4.78, 5) is 4.33. The maximum Gasteiger partial charge on any atom is 0.0927 e. The summed E-state index contributed by atoms with van der Waals surface area (Å²) in [6.07, 6.45) is 3.00. The summed E-state index contributed by atoms with van der Waals surface area (Å²) >= 11 is 1.76. The molecule has 2 nitrogen and oxygen atoms in total. The van der Waals surface area contributed by atoms with Gasteiger partial charge in [-0.1, -0.05) is 27.7 Å². The van der Waals surface area contributed by atoms with E-state index in [1.165, 1.54) is 5.01 Å². The van der Waals surface area contributed by atoms with Crippen LogP contribution in [0.2, 0.25) is 0 Å². The van der Waals surface area contributed by atoms with Crippen LogP contribution in [0.1, 0.15) is 32.7 Å². The third-order valence-corrected chi connectivity index (χ3v) is 3.60. The minimum atomic E-state index is 0.583. The molecular formula is C12H22N2S. The zero-order valence-corrected chi connectivity index (χ0v) is 11.0. The Hall–Kier alpha value is -0.410. The number of nitrogens with zero attached hydrogens (tertiary/aromatic N) is 1. The van der Waals surface area contributed by atoms with Gasteiger partial charge in [0.25, 0.3) is 0 Å². The molecular weight excluding hydrogens is 204 g/mol. The van der Waals surface area contributed by atoms with E-state index in [9.17, 15) is 0 Å². The van der Waals surface area contributed by atoms with Gasteiger partial charge in [-0.25, -0.2) is 4.98 Å². The summed E-state index contributed by atoms with van der Waals surface area (Å²) in [5.74, 6) is 1.40. The van der Waals surface area contributed by atoms with Crippen molar-refractivity contribution in [1.29, 1.82) is 0 Å². The van der Waals surface area contributed by atoms with Crippen LogP contribution in [-0.2, 0) is 6.42 Å². The Labute approximate surface area is 97.1 Å². The largest absolute Gasteiger partial charge is 0.314 e. The fourth-order valence-electron chi connectivity index (χ4n) is 1.45. The van der Waals surface area contributed by atoms with Crippen LogP contribution in [0.15, 0.2) is 11.6 Å². The van der Waals surface area contributed by atoms with Crippen molar-refractivity contribution in [2.45, 2.75) is 40.2 Å². The summed E-state index contributed by atoms with van der Waals surface area (Å²) in [7, 11) is 0. The first-order valence-corrected chi connectivity index (χ1v) is 6.59. The van der Waals surface area contributed by atoms with Crippen molar-refractivity contribution in [2.75, 3.05) is 6.54 Å². The van der Waals surface area contributed by atoms with E-state index in [1.807, 2.05) is 6.20 Å². The molecule has 0 aliphatic rings. The second kappa shape index (κ2) is 6.23. The van der Waals surface area contributed by atoms with Crippen molar-refractivity contribution in [3.05, 3.63) is 16.6 Å². The van der Waals surface area contributed by atoms with Crippen molar-refractivity contribution in [3.8, 4) is 0 Å². The molecule has 15 heavy (non-hydrogen) atoms. The highest BCUT2D eigenvalue weighted by atomic mass is 32.1. The Balaban J connectivity index is 2.30. The lowest BCUT2D eigenvalue weighted by Crippen LogP contribution is -2.31. The minimum Gasteiger partial charge on any atom is -0.314 e. The molecule has 0 spiro atoms. The van der Waals surface area contributed by atoms with Gasteiger partial charge >= 0.3 is 0 Å². The number of aromatic nitrogens is 1. The summed E-state index contributed by atoms with van der Waals surface area (Å²) in [5, 5.41) is 6.81. The lowest BCUT2D eigenvalue weighted by atomic mass is 9.93. The van der Waals surface area contributed by atoms with E-state index in [2.05, 4.69) is 43.4 Å². The van der Waals surface area contributed by atoms with Gasteiger partial charge < -0.3 is 5.32 Å². The highest BCUT2D eigenvalue weighted by Crippen LogP contribution is 2.17. The minimum absolute atomic E-state index is 0.583. The molecule has 0 aliphatic heterocycles.